The normalized spacial score (nSPS) is 21.8. The maximum atomic E-state index is 5.44. The second-order valence-electron chi connectivity index (χ2n) is 2.93. The van der Waals surface area contributed by atoms with Crippen LogP contribution in [-0.2, 0) is 14.2 Å². The third-order valence-electron chi connectivity index (χ3n) is 1.86. The van der Waals surface area contributed by atoms with Gasteiger partial charge >= 0.3 is 0 Å². The SMILES string of the molecule is CCCCC1OCCOCCO1. The zero-order chi connectivity index (χ0) is 8.65. The first-order chi connectivity index (χ1) is 5.93. The average molecular weight is 174 g/mol. The molecule has 12 heavy (non-hydrogen) atoms. The van der Waals surface area contributed by atoms with Gasteiger partial charge in [-0.25, -0.2) is 0 Å². The summed E-state index contributed by atoms with van der Waals surface area (Å²) in [7, 11) is 0. The molecule has 1 rings (SSSR count). The molecule has 0 aromatic rings. The van der Waals surface area contributed by atoms with Gasteiger partial charge in [0.25, 0.3) is 0 Å². The lowest BCUT2D eigenvalue weighted by atomic mass is 10.2. The molecule has 0 amide bonds. The molecule has 0 spiro atoms. The van der Waals surface area contributed by atoms with Crippen LogP contribution in [0.4, 0.5) is 0 Å². The summed E-state index contributed by atoms with van der Waals surface area (Å²) in [5.74, 6) is 0. The Bertz CT molecular complexity index is 95.2. The highest BCUT2D eigenvalue weighted by Crippen LogP contribution is 2.07. The minimum atomic E-state index is 0.00819. The molecule has 1 aliphatic heterocycles. The zero-order valence-electron chi connectivity index (χ0n) is 7.75. The Morgan fingerprint density at radius 2 is 1.75 bits per heavy atom. The molecule has 0 saturated carbocycles. The van der Waals surface area contributed by atoms with Crippen molar-refractivity contribution in [2.45, 2.75) is 32.5 Å². The molecule has 1 fully saturated rings. The summed E-state index contributed by atoms with van der Waals surface area (Å²) in [5.41, 5.74) is 0. The Kier molecular flexibility index (Phi) is 5.32. The van der Waals surface area contributed by atoms with Crippen LogP contribution in [0.5, 0.6) is 0 Å². The molecule has 1 saturated heterocycles. The van der Waals surface area contributed by atoms with E-state index in [1.807, 2.05) is 0 Å². The molecule has 72 valence electrons. The summed E-state index contributed by atoms with van der Waals surface area (Å²) in [6.07, 6.45) is 3.38. The predicted molar refractivity (Wildman–Crippen MR) is 46.0 cm³/mol. The van der Waals surface area contributed by atoms with Gasteiger partial charge in [-0.15, -0.1) is 0 Å². The van der Waals surface area contributed by atoms with Crippen LogP contribution >= 0.6 is 0 Å². The van der Waals surface area contributed by atoms with Crippen LogP contribution in [0.3, 0.4) is 0 Å². The maximum Gasteiger partial charge on any atom is 0.157 e. The first-order valence-corrected chi connectivity index (χ1v) is 4.74. The van der Waals surface area contributed by atoms with Crippen molar-refractivity contribution in [2.24, 2.45) is 0 Å². The molecule has 0 aromatic heterocycles. The minimum absolute atomic E-state index is 0.00819. The topological polar surface area (TPSA) is 27.7 Å². The van der Waals surface area contributed by atoms with Gasteiger partial charge in [0.2, 0.25) is 0 Å². The van der Waals surface area contributed by atoms with Crippen LogP contribution in [0, 0.1) is 0 Å². The number of unbranched alkanes of at least 4 members (excludes halogenated alkanes) is 1. The van der Waals surface area contributed by atoms with Crippen LogP contribution in [0.1, 0.15) is 26.2 Å². The minimum Gasteiger partial charge on any atom is -0.377 e. The van der Waals surface area contributed by atoms with Crippen molar-refractivity contribution < 1.29 is 14.2 Å². The van der Waals surface area contributed by atoms with E-state index in [9.17, 15) is 0 Å². The van der Waals surface area contributed by atoms with Crippen molar-refractivity contribution in [3.8, 4) is 0 Å². The van der Waals surface area contributed by atoms with E-state index in [2.05, 4.69) is 6.92 Å². The molecule has 3 heteroatoms. The highest BCUT2D eigenvalue weighted by atomic mass is 16.7. The molecule has 0 radical (unpaired) electrons. The van der Waals surface area contributed by atoms with Gasteiger partial charge in [0, 0.05) is 0 Å². The number of hydrogen-bond acceptors (Lipinski definition) is 3. The van der Waals surface area contributed by atoms with Gasteiger partial charge in [0.15, 0.2) is 6.29 Å². The van der Waals surface area contributed by atoms with Crippen LogP contribution in [0.25, 0.3) is 0 Å². The zero-order valence-corrected chi connectivity index (χ0v) is 7.75. The Hall–Kier alpha value is -0.120. The van der Waals surface area contributed by atoms with Crippen molar-refractivity contribution in [3.05, 3.63) is 0 Å². The largest absolute Gasteiger partial charge is 0.377 e. The van der Waals surface area contributed by atoms with Crippen molar-refractivity contribution in [1.29, 1.82) is 0 Å². The summed E-state index contributed by atoms with van der Waals surface area (Å²) in [6, 6.07) is 0. The summed E-state index contributed by atoms with van der Waals surface area (Å²) in [5, 5.41) is 0. The number of ether oxygens (including phenoxy) is 3. The van der Waals surface area contributed by atoms with Gasteiger partial charge in [-0.1, -0.05) is 13.3 Å². The molecule has 0 atom stereocenters. The fourth-order valence-electron chi connectivity index (χ4n) is 1.16. The van der Waals surface area contributed by atoms with E-state index in [1.54, 1.807) is 0 Å². The van der Waals surface area contributed by atoms with Crippen molar-refractivity contribution in [3.63, 3.8) is 0 Å². The molecule has 0 aromatic carbocycles. The number of rotatable bonds is 3. The monoisotopic (exact) mass is 174 g/mol. The molecule has 0 bridgehead atoms. The molecular formula is C9H18O3. The van der Waals surface area contributed by atoms with E-state index in [0.29, 0.717) is 26.4 Å². The van der Waals surface area contributed by atoms with Crippen LogP contribution in [0.2, 0.25) is 0 Å². The third-order valence-corrected chi connectivity index (χ3v) is 1.86. The van der Waals surface area contributed by atoms with E-state index >= 15 is 0 Å². The van der Waals surface area contributed by atoms with E-state index in [0.717, 1.165) is 6.42 Å². The van der Waals surface area contributed by atoms with E-state index in [-0.39, 0.29) is 6.29 Å². The molecule has 3 nitrogen and oxygen atoms in total. The summed E-state index contributed by atoms with van der Waals surface area (Å²) in [6.45, 7) is 4.90. The van der Waals surface area contributed by atoms with Gasteiger partial charge < -0.3 is 14.2 Å². The lowest BCUT2D eigenvalue weighted by molar-refractivity contribution is -0.180. The Labute approximate surface area is 74.0 Å². The van der Waals surface area contributed by atoms with Crippen LogP contribution < -0.4 is 0 Å². The van der Waals surface area contributed by atoms with E-state index in [1.165, 1.54) is 12.8 Å². The lowest BCUT2D eigenvalue weighted by Crippen LogP contribution is -2.25. The Morgan fingerprint density at radius 3 is 2.33 bits per heavy atom. The second kappa shape index (κ2) is 6.40. The van der Waals surface area contributed by atoms with Gasteiger partial charge in [0.1, 0.15) is 0 Å². The van der Waals surface area contributed by atoms with Crippen LogP contribution in [-0.4, -0.2) is 32.7 Å². The highest BCUT2D eigenvalue weighted by molar-refractivity contribution is 4.48. The Morgan fingerprint density at radius 1 is 1.08 bits per heavy atom. The molecule has 1 aliphatic rings. The smallest absolute Gasteiger partial charge is 0.157 e. The quantitative estimate of drug-likeness (QED) is 0.650. The van der Waals surface area contributed by atoms with Crippen LogP contribution in [0.15, 0.2) is 0 Å². The first-order valence-electron chi connectivity index (χ1n) is 4.74. The summed E-state index contributed by atoms with van der Waals surface area (Å²) >= 11 is 0. The standard InChI is InChI=1S/C9H18O3/c1-2-3-4-9-11-7-5-10-6-8-12-9/h9H,2-8H2,1H3. The summed E-state index contributed by atoms with van der Waals surface area (Å²) in [4.78, 5) is 0. The molecule has 1 heterocycles. The average Bonchev–Trinajstić information content (AvgIpc) is 2.02. The molecular weight excluding hydrogens is 156 g/mol. The second-order valence-corrected chi connectivity index (χ2v) is 2.93. The van der Waals surface area contributed by atoms with E-state index in [4.69, 9.17) is 14.2 Å². The first kappa shape index (κ1) is 9.96. The van der Waals surface area contributed by atoms with Crippen molar-refractivity contribution >= 4 is 0 Å². The molecule has 0 aliphatic carbocycles. The van der Waals surface area contributed by atoms with Gasteiger partial charge in [-0.3, -0.25) is 0 Å². The molecule has 0 unspecified atom stereocenters. The summed E-state index contributed by atoms with van der Waals surface area (Å²) < 4.78 is 16.1. The van der Waals surface area contributed by atoms with Crippen molar-refractivity contribution in [2.75, 3.05) is 26.4 Å². The fraction of sp³-hybridized carbons (Fsp3) is 1.00. The third kappa shape index (κ3) is 4.04. The number of hydrogen-bond donors (Lipinski definition) is 0. The van der Waals surface area contributed by atoms with Gasteiger partial charge in [-0.2, -0.15) is 0 Å². The Balaban J connectivity index is 2.11. The van der Waals surface area contributed by atoms with Crippen molar-refractivity contribution in [1.82, 2.24) is 0 Å². The lowest BCUT2D eigenvalue weighted by Gasteiger charge is -2.21. The van der Waals surface area contributed by atoms with Gasteiger partial charge in [0.05, 0.1) is 26.4 Å². The highest BCUT2D eigenvalue weighted by Gasteiger charge is 2.10. The maximum absolute atomic E-state index is 5.44. The van der Waals surface area contributed by atoms with E-state index < -0.39 is 0 Å². The fourth-order valence-corrected chi connectivity index (χ4v) is 1.16. The predicted octanol–water partition coefficient (Wildman–Crippen LogP) is 1.57. The molecule has 0 N–H and O–H groups in total. The van der Waals surface area contributed by atoms with Gasteiger partial charge in [-0.05, 0) is 12.8 Å².